The van der Waals surface area contributed by atoms with Gasteiger partial charge >= 0.3 is 5.97 Å². The summed E-state index contributed by atoms with van der Waals surface area (Å²) in [7, 11) is 0. The number of carboxylic acids is 1. The third-order valence-electron chi connectivity index (χ3n) is 5.57. The summed E-state index contributed by atoms with van der Waals surface area (Å²) < 4.78 is 5.54. The number of carboxylic acid groups (broad SMARTS) is 1. The second kappa shape index (κ2) is 8.90. The van der Waals surface area contributed by atoms with Crippen LogP contribution < -0.4 is 10.4 Å². The summed E-state index contributed by atoms with van der Waals surface area (Å²) in [5.74, 6) is -3.56. The smallest absolute Gasteiger partial charge is 0.341 e. The van der Waals surface area contributed by atoms with Crippen LogP contribution in [0.5, 0.6) is 0 Å². The number of thiophene rings is 1. The van der Waals surface area contributed by atoms with Crippen LogP contribution in [0.15, 0.2) is 12.2 Å². The van der Waals surface area contributed by atoms with E-state index in [1.165, 1.54) is 11.3 Å². The number of rotatable bonds is 6. The normalized spacial score (nSPS) is 22.2. The van der Waals surface area contributed by atoms with Crippen molar-refractivity contribution in [2.24, 2.45) is 11.8 Å². The summed E-state index contributed by atoms with van der Waals surface area (Å²) in [6.45, 7) is 3.79. The molecule has 0 saturated carbocycles. The second-order valence-corrected chi connectivity index (χ2v) is 8.61. The van der Waals surface area contributed by atoms with Crippen molar-refractivity contribution in [3.8, 4) is 0 Å². The number of aliphatic carboxylic acids is 1. The van der Waals surface area contributed by atoms with E-state index < -0.39 is 23.8 Å². The molecule has 0 spiro atoms. The number of hydrogen-bond acceptors (Lipinski definition) is 6. The van der Waals surface area contributed by atoms with Crippen LogP contribution in [0.25, 0.3) is 0 Å². The zero-order valence-electron chi connectivity index (χ0n) is 16.3. The summed E-state index contributed by atoms with van der Waals surface area (Å²) in [4.78, 5) is 38.2. The molecule has 1 aromatic rings. The van der Waals surface area contributed by atoms with E-state index in [-0.39, 0.29) is 18.4 Å². The Morgan fingerprint density at radius 2 is 1.89 bits per heavy atom. The number of fused-ring (bicyclic) bond motifs is 1. The summed E-state index contributed by atoms with van der Waals surface area (Å²) in [6.07, 6.45) is 8.45. The zero-order chi connectivity index (χ0) is 20.3. The average molecular weight is 405 g/mol. The van der Waals surface area contributed by atoms with Crippen LogP contribution in [-0.4, -0.2) is 23.9 Å². The largest absolute Gasteiger partial charge is 0.550 e. The van der Waals surface area contributed by atoms with Gasteiger partial charge in [0.1, 0.15) is 5.00 Å². The predicted molar refractivity (Wildman–Crippen MR) is 105 cm³/mol. The Labute approximate surface area is 169 Å². The van der Waals surface area contributed by atoms with Crippen LogP contribution in [0, 0.1) is 11.8 Å². The molecule has 3 atom stereocenters. The van der Waals surface area contributed by atoms with Gasteiger partial charge in [0.05, 0.1) is 17.6 Å². The second-order valence-electron chi connectivity index (χ2n) is 7.50. The van der Waals surface area contributed by atoms with E-state index in [0.29, 0.717) is 23.4 Å². The van der Waals surface area contributed by atoms with E-state index in [2.05, 4.69) is 5.32 Å². The molecule has 0 fully saturated rings. The highest BCUT2D eigenvalue weighted by molar-refractivity contribution is 7.17. The van der Waals surface area contributed by atoms with Crippen molar-refractivity contribution >= 4 is 34.2 Å². The average Bonchev–Trinajstić information content (AvgIpc) is 3.05. The first-order valence-corrected chi connectivity index (χ1v) is 10.8. The molecule has 0 bridgehead atoms. The summed E-state index contributed by atoms with van der Waals surface area (Å²) in [5, 5.41) is 14.7. The monoisotopic (exact) mass is 404 g/mol. The van der Waals surface area contributed by atoms with Gasteiger partial charge in [0.25, 0.3) is 0 Å². The molecule has 3 rings (SSSR count). The minimum Gasteiger partial charge on any atom is -0.550 e. The number of anilines is 1. The molecule has 28 heavy (non-hydrogen) atoms. The van der Waals surface area contributed by atoms with E-state index in [1.54, 1.807) is 6.08 Å². The molecule has 0 radical (unpaired) electrons. The highest BCUT2D eigenvalue weighted by atomic mass is 32.1. The number of hydrogen-bond donors (Lipinski definition) is 1. The van der Waals surface area contributed by atoms with Gasteiger partial charge in [-0.3, -0.25) is 4.79 Å². The molecule has 7 heteroatoms. The molecular weight excluding hydrogens is 378 g/mol. The molecule has 1 heterocycles. The molecule has 6 nitrogen and oxygen atoms in total. The van der Waals surface area contributed by atoms with Crippen molar-refractivity contribution in [1.82, 2.24) is 0 Å². The van der Waals surface area contributed by atoms with Crippen LogP contribution in [0.3, 0.4) is 0 Å². The molecular formula is C21H26NO5S-. The quantitative estimate of drug-likeness (QED) is 0.581. The van der Waals surface area contributed by atoms with Gasteiger partial charge in [0.15, 0.2) is 0 Å². The van der Waals surface area contributed by atoms with Crippen LogP contribution >= 0.6 is 11.3 Å². The van der Waals surface area contributed by atoms with Crippen molar-refractivity contribution in [3.63, 3.8) is 0 Å². The summed E-state index contributed by atoms with van der Waals surface area (Å²) >= 11 is 1.41. The molecule has 0 aromatic carbocycles. The van der Waals surface area contributed by atoms with E-state index in [0.717, 1.165) is 36.1 Å². The molecule has 0 aliphatic heterocycles. The number of amides is 1. The summed E-state index contributed by atoms with van der Waals surface area (Å²) in [5.41, 5.74) is 1.42. The molecule has 2 aliphatic rings. The number of carbonyl (C=O) groups excluding carboxylic acids is 3. The van der Waals surface area contributed by atoms with Gasteiger partial charge in [-0.15, -0.1) is 11.3 Å². The molecule has 0 unspecified atom stereocenters. The zero-order valence-corrected chi connectivity index (χ0v) is 17.1. The van der Waals surface area contributed by atoms with Gasteiger partial charge in [-0.05, 0) is 57.4 Å². The predicted octanol–water partition coefficient (Wildman–Crippen LogP) is 2.85. The van der Waals surface area contributed by atoms with E-state index in [1.807, 2.05) is 19.9 Å². The fourth-order valence-corrected chi connectivity index (χ4v) is 5.04. The minimum atomic E-state index is -1.22. The molecule has 1 amide bonds. The Morgan fingerprint density at radius 3 is 2.57 bits per heavy atom. The highest BCUT2D eigenvalue weighted by Gasteiger charge is 2.33. The van der Waals surface area contributed by atoms with Gasteiger partial charge in [-0.25, -0.2) is 4.79 Å². The first-order chi connectivity index (χ1) is 13.4. The topological polar surface area (TPSA) is 95.5 Å². The van der Waals surface area contributed by atoms with Crippen molar-refractivity contribution in [3.05, 3.63) is 28.2 Å². The number of aryl methyl sites for hydroxylation is 1. The van der Waals surface area contributed by atoms with Gasteiger partial charge in [0, 0.05) is 16.8 Å². The van der Waals surface area contributed by atoms with Gasteiger partial charge < -0.3 is 20.0 Å². The van der Waals surface area contributed by atoms with Crippen LogP contribution in [0.2, 0.25) is 0 Å². The Morgan fingerprint density at radius 1 is 1.21 bits per heavy atom. The maximum atomic E-state index is 12.9. The minimum absolute atomic E-state index is 0.207. The third-order valence-corrected chi connectivity index (χ3v) is 6.77. The van der Waals surface area contributed by atoms with Crippen LogP contribution in [-0.2, 0) is 27.2 Å². The maximum Gasteiger partial charge on any atom is 0.341 e. The number of ether oxygens (including phenoxy) is 1. The Bertz CT molecular complexity index is 797. The van der Waals surface area contributed by atoms with E-state index >= 15 is 0 Å². The van der Waals surface area contributed by atoms with Crippen molar-refractivity contribution in [1.29, 1.82) is 0 Å². The van der Waals surface area contributed by atoms with Crippen LogP contribution in [0.1, 0.15) is 66.8 Å². The van der Waals surface area contributed by atoms with Gasteiger partial charge in [0.2, 0.25) is 5.91 Å². The Kier molecular flexibility index (Phi) is 6.54. The number of nitrogens with one attached hydrogen (secondary N) is 1. The molecule has 1 aromatic heterocycles. The Hall–Kier alpha value is -2.15. The summed E-state index contributed by atoms with van der Waals surface area (Å²) in [6, 6.07) is 0. The molecule has 152 valence electrons. The van der Waals surface area contributed by atoms with Crippen LogP contribution in [0.4, 0.5) is 5.00 Å². The molecule has 2 aliphatic carbocycles. The first-order valence-electron chi connectivity index (χ1n) is 9.94. The van der Waals surface area contributed by atoms with Crippen molar-refractivity contribution < 1.29 is 24.2 Å². The number of allylic oxidation sites excluding steroid dienone is 2. The van der Waals surface area contributed by atoms with E-state index in [4.69, 9.17) is 4.74 Å². The van der Waals surface area contributed by atoms with Crippen molar-refractivity contribution in [2.45, 2.75) is 64.9 Å². The standard InChI is InChI=1S/C21H27NO5S/c1-3-12(2)27-21(26)17-15-10-6-7-11-16(15)28-19(17)22-18(23)13-8-4-5-9-14(13)20(24)25/h4-5,12-14H,3,6-11H2,1-2H3,(H,22,23)(H,24,25)/p-1/t12-,13-,14+/m1/s1. The lowest BCUT2D eigenvalue weighted by Gasteiger charge is -2.28. The maximum absolute atomic E-state index is 12.9. The number of carbonyl (C=O) groups is 3. The lowest BCUT2D eigenvalue weighted by Crippen LogP contribution is -2.41. The third kappa shape index (κ3) is 4.29. The number of esters is 1. The SMILES string of the molecule is CC[C@@H](C)OC(=O)c1c(NC(=O)[C@@H]2CC=CC[C@@H]2C(=O)[O-])sc2c1CCCC2. The fourth-order valence-electron chi connectivity index (χ4n) is 3.76. The van der Waals surface area contributed by atoms with E-state index in [9.17, 15) is 19.5 Å². The molecule has 1 N–H and O–H groups in total. The van der Waals surface area contributed by atoms with Gasteiger partial charge in [-0.1, -0.05) is 19.1 Å². The lowest BCUT2D eigenvalue weighted by molar-refractivity contribution is -0.313. The fraction of sp³-hybridized carbons (Fsp3) is 0.571. The highest BCUT2D eigenvalue weighted by Crippen LogP contribution is 2.39. The lowest BCUT2D eigenvalue weighted by atomic mass is 9.82. The van der Waals surface area contributed by atoms with Gasteiger partial charge in [-0.2, -0.15) is 0 Å². The Balaban J connectivity index is 1.87. The van der Waals surface area contributed by atoms with Crippen molar-refractivity contribution in [2.75, 3.05) is 5.32 Å². The molecule has 0 saturated heterocycles. The first kappa shape index (κ1) is 20.6.